The van der Waals surface area contributed by atoms with E-state index in [0.717, 1.165) is 24.3 Å². The fraction of sp³-hybridized carbons (Fsp3) is 0.312. The van der Waals surface area contributed by atoms with Crippen molar-refractivity contribution < 1.29 is 50.5 Å². The van der Waals surface area contributed by atoms with E-state index in [1.165, 1.54) is 18.3 Å². The summed E-state index contributed by atoms with van der Waals surface area (Å²) in [5.41, 5.74) is -3.46. The standard InChI is InChI=1S/C32H28F6N4O5/c1-3-20(33)13-46-23-10-19(9-18-8-16(2)12-40-25(18)23)28(43)41-14-31(45,32(36,37)38)24-11-22-27(47-15-30(22,35)29(39)44)26(42-24)17-4-6-21(34)7-5-17/h4-12,20,45H,3,13-15H2,1-2H3,(H2,39,44)(H,41,43)/t20?,30-,31+/m1/s1. The molecule has 1 unspecified atom stereocenters. The Morgan fingerprint density at radius 1 is 1.17 bits per heavy atom. The zero-order valence-electron chi connectivity index (χ0n) is 24.9. The second-order valence-corrected chi connectivity index (χ2v) is 11.1. The maximum Gasteiger partial charge on any atom is 0.424 e. The highest BCUT2D eigenvalue weighted by atomic mass is 19.4. The molecule has 5 rings (SSSR count). The van der Waals surface area contributed by atoms with Crippen molar-refractivity contribution in [3.8, 4) is 22.8 Å². The van der Waals surface area contributed by atoms with Gasteiger partial charge in [-0.2, -0.15) is 13.2 Å². The monoisotopic (exact) mass is 662 g/mol. The average molecular weight is 663 g/mol. The predicted molar refractivity (Wildman–Crippen MR) is 157 cm³/mol. The second kappa shape index (κ2) is 12.4. The molecule has 47 heavy (non-hydrogen) atoms. The summed E-state index contributed by atoms with van der Waals surface area (Å²) in [5.74, 6) is -3.78. The zero-order valence-corrected chi connectivity index (χ0v) is 24.9. The SMILES string of the molecule is CCC(F)COc1cc(C(=O)NC[C@](O)(c2cc3c(c(-c4ccc(F)cc4)n2)OC[C@]3(F)C(N)=O)C(F)(F)F)cc2cc(C)cnc12. The summed E-state index contributed by atoms with van der Waals surface area (Å²) in [6, 6.07) is 8.83. The van der Waals surface area contributed by atoms with Gasteiger partial charge in [0.25, 0.3) is 17.5 Å². The quantitative estimate of drug-likeness (QED) is 0.201. The van der Waals surface area contributed by atoms with Crippen LogP contribution in [-0.4, -0.2) is 59.0 Å². The van der Waals surface area contributed by atoms with E-state index in [9.17, 15) is 36.6 Å². The van der Waals surface area contributed by atoms with Crippen LogP contribution in [0.5, 0.6) is 11.5 Å². The Labute approximate surface area is 263 Å². The fourth-order valence-electron chi connectivity index (χ4n) is 4.95. The van der Waals surface area contributed by atoms with Crippen LogP contribution >= 0.6 is 0 Å². The summed E-state index contributed by atoms with van der Waals surface area (Å²) in [7, 11) is 0. The molecule has 0 radical (unpaired) electrons. The van der Waals surface area contributed by atoms with Crippen LogP contribution in [-0.2, 0) is 16.1 Å². The number of nitrogens with two attached hydrogens (primary N) is 1. The smallest absolute Gasteiger partial charge is 0.424 e. The number of primary amides is 1. The van der Waals surface area contributed by atoms with E-state index in [0.29, 0.717) is 17.0 Å². The van der Waals surface area contributed by atoms with Crippen molar-refractivity contribution >= 4 is 22.7 Å². The Morgan fingerprint density at radius 3 is 2.51 bits per heavy atom. The van der Waals surface area contributed by atoms with Gasteiger partial charge in [0.05, 0.1) is 12.2 Å². The number of nitrogens with one attached hydrogen (secondary N) is 1. The first kappa shape index (κ1) is 33.4. The van der Waals surface area contributed by atoms with Crippen molar-refractivity contribution in [3.05, 3.63) is 82.9 Å². The molecule has 248 valence electrons. The lowest BCUT2D eigenvalue weighted by Crippen LogP contribution is -2.51. The van der Waals surface area contributed by atoms with E-state index in [2.05, 4.69) is 9.97 Å². The van der Waals surface area contributed by atoms with Crippen molar-refractivity contribution in [3.63, 3.8) is 0 Å². The number of pyridine rings is 2. The van der Waals surface area contributed by atoms with Gasteiger partial charge in [0.2, 0.25) is 5.60 Å². The summed E-state index contributed by atoms with van der Waals surface area (Å²) < 4.78 is 98.3. The van der Waals surface area contributed by atoms with Crippen molar-refractivity contribution in [2.45, 2.75) is 43.9 Å². The van der Waals surface area contributed by atoms with Gasteiger partial charge in [0.1, 0.15) is 42.2 Å². The van der Waals surface area contributed by atoms with E-state index >= 15 is 4.39 Å². The molecule has 2 aromatic carbocycles. The van der Waals surface area contributed by atoms with Crippen LogP contribution in [0.2, 0.25) is 0 Å². The molecule has 4 N–H and O–H groups in total. The van der Waals surface area contributed by atoms with Crippen molar-refractivity contribution in [2.24, 2.45) is 5.73 Å². The summed E-state index contributed by atoms with van der Waals surface area (Å²) in [4.78, 5) is 33.5. The molecule has 3 heterocycles. The summed E-state index contributed by atoms with van der Waals surface area (Å²) in [6.07, 6.45) is -5.20. The van der Waals surface area contributed by atoms with Gasteiger partial charge in [-0.25, -0.2) is 18.2 Å². The Kier molecular flexibility index (Phi) is 8.79. The molecule has 0 saturated carbocycles. The number of rotatable bonds is 10. The molecule has 3 atom stereocenters. The molecule has 0 spiro atoms. The number of nitrogens with zero attached hydrogens (tertiary/aromatic N) is 2. The Bertz CT molecular complexity index is 1850. The predicted octanol–water partition coefficient (Wildman–Crippen LogP) is 5.09. The number of hydrogen-bond acceptors (Lipinski definition) is 7. The number of fused-ring (bicyclic) bond motifs is 2. The summed E-state index contributed by atoms with van der Waals surface area (Å²) >= 11 is 0. The maximum atomic E-state index is 15.8. The first-order valence-corrected chi connectivity index (χ1v) is 14.3. The number of aryl methyl sites for hydroxylation is 1. The molecule has 15 heteroatoms. The van der Waals surface area contributed by atoms with E-state index in [1.807, 2.05) is 5.32 Å². The molecule has 0 saturated heterocycles. The Hall–Kier alpha value is -4.92. The number of halogens is 6. The number of carbonyl (C=O) groups excluding carboxylic acids is 2. The number of aromatic nitrogens is 2. The minimum atomic E-state index is -5.53. The van der Waals surface area contributed by atoms with Crippen molar-refractivity contribution in [1.82, 2.24) is 15.3 Å². The van der Waals surface area contributed by atoms with Crippen molar-refractivity contribution in [1.29, 1.82) is 0 Å². The molecule has 9 nitrogen and oxygen atoms in total. The van der Waals surface area contributed by atoms with Gasteiger partial charge in [-0.05, 0) is 67.4 Å². The second-order valence-electron chi connectivity index (χ2n) is 11.1. The molecule has 2 aromatic heterocycles. The fourth-order valence-corrected chi connectivity index (χ4v) is 4.95. The van der Waals surface area contributed by atoms with E-state index < -0.39 is 77.1 Å². The normalized spacial score (nSPS) is 17.8. The van der Waals surface area contributed by atoms with Gasteiger partial charge in [0.15, 0.2) is 5.75 Å². The number of alkyl halides is 5. The number of hydrogen-bond donors (Lipinski definition) is 3. The largest absolute Gasteiger partial charge is 0.488 e. The number of carbonyl (C=O) groups is 2. The molecule has 0 aliphatic carbocycles. The van der Waals surface area contributed by atoms with Gasteiger partial charge in [-0.15, -0.1) is 0 Å². The topological polar surface area (TPSA) is 137 Å². The molecular weight excluding hydrogens is 634 g/mol. The van der Waals surface area contributed by atoms with Crippen LogP contribution in [0.15, 0.2) is 54.7 Å². The zero-order chi connectivity index (χ0) is 34.3. The van der Waals surface area contributed by atoms with E-state index in [-0.39, 0.29) is 35.4 Å². The average Bonchev–Trinajstić information content (AvgIpc) is 3.38. The van der Waals surface area contributed by atoms with Crippen LogP contribution in [0.1, 0.15) is 40.5 Å². The minimum Gasteiger partial charge on any atom is -0.488 e. The molecule has 1 aliphatic heterocycles. The highest BCUT2D eigenvalue weighted by molar-refractivity contribution is 6.00. The maximum absolute atomic E-state index is 15.8. The highest BCUT2D eigenvalue weighted by Gasteiger charge is 2.58. The Balaban J connectivity index is 1.56. The van der Waals surface area contributed by atoms with Gasteiger partial charge < -0.3 is 25.6 Å². The molecule has 0 bridgehead atoms. The third-order valence-electron chi connectivity index (χ3n) is 7.73. The molecule has 0 fully saturated rings. The van der Waals surface area contributed by atoms with E-state index in [4.69, 9.17) is 15.2 Å². The molecule has 4 aromatic rings. The summed E-state index contributed by atoms with van der Waals surface area (Å²) in [6.45, 7) is 0.443. The van der Waals surface area contributed by atoms with Gasteiger partial charge >= 0.3 is 6.18 Å². The van der Waals surface area contributed by atoms with Gasteiger partial charge in [-0.3, -0.25) is 14.6 Å². The van der Waals surface area contributed by atoms with Gasteiger partial charge in [0, 0.05) is 28.3 Å². The summed E-state index contributed by atoms with van der Waals surface area (Å²) in [5, 5.41) is 13.6. The first-order chi connectivity index (χ1) is 22.1. The number of ether oxygens (including phenoxy) is 2. The number of benzene rings is 2. The number of amides is 2. The third-order valence-corrected chi connectivity index (χ3v) is 7.73. The third kappa shape index (κ3) is 6.26. The van der Waals surface area contributed by atoms with Crippen LogP contribution < -0.4 is 20.5 Å². The van der Waals surface area contributed by atoms with Crippen LogP contribution in [0, 0.1) is 12.7 Å². The molecular formula is C32H28F6N4O5. The van der Waals surface area contributed by atoms with Crippen LogP contribution in [0.3, 0.4) is 0 Å². The Morgan fingerprint density at radius 2 is 1.87 bits per heavy atom. The van der Waals surface area contributed by atoms with Crippen LogP contribution in [0.25, 0.3) is 22.2 Å². The lowest BCUT2D eigenvalue weighted by molar-refractivity contribution is -0.265. The lowest BCUT2D eigenvalue weighted by Gasteiger charge is -2.31. The molecule has 1 aliphatic rings. The molecule has 2 amide bonds. The van der Waals surface area contributed by atoms with Gasteiger partial charge in [-0.1, -0.05) is 6.92 Å². The highest BCUT2D eigenvalue weighted by Crippen LogP contribution is 2.48. The van der Waals surface area contributed by atoms with Crippen LogP contribution in [0.4, 0.5) is 26.3 Å². The minimum absolute atomic E-state index is 0.00444. The first-order valence-electron chi connectivity index (χ1n) is 14.3. The van der Waals surface area contributed by atoms with Crippen molar-refractivity contribution in [2.75, 3.05) is 19.8 Å². The number of aliphatic hydroxyl groups is 1. The lowest BCUT2D eigenvalue weighted by atomic mass is 9.90. The van der Waals surface area contributed by atoms with E-state index in [1.54, 1.807) is 19.9 Å².